The summed E-state index contributed by atoms with van der Waals surface area (Å²) in [5, 5.41) is 87.0. The minimum atomic E-state index is -0.805. The van der Waals surface area contributed by atoms with Crippen LogP contribution in [0.15, 0.2) is 140 Å². The maximum absolute atomic E-state index is 12.1. The number of nitrogens with zero attached hydrogens (tertiary/aromatic N) is 6. The summed E-state index contributed by atoms with van der Waals surface area (Å²) in [6, 6.07) is 22.5. The fourth-order valence-corrected chi connectivity index (χ4v) is 3.58. The van der Waals surface area contributed by atoms with E-state index in [0.717, 1.165) is 50.2 Å². The van der Waals surface area contributed by atoms with E-state index in [0.29, 0.717) is 11.4 Å². The smallest absolute Gasteiger partial charge is 0.874 e. The van der Waals surface area contributed by atoms with Crippen molar-refractivity contribution in [3.63, 3.8) is 0 Å². The summed E-state index contributed by atoms with van der Waals surface area (Å²) in [6.45, 7) is 2.23. The molecule has 0 aromatic heterocycles. The molecule has 2 amide bonds. The number of nitro benzene ring substituents is 2. The molecule has 0 unspecified atom stereocenters. The van der Waals surface area contributed by atoms with Crippen LogP contribution >= 0.6 is 0 Å². The number of amides is 2. The molecular weight excluding hydrogens is 715 g/mol. The topological polar surface area (TPSA) is 286 Å². The molecule has 2 N–H and O–H groups in total. The van der Waals surface area contributed by atoms with Gasteiger partial charge in [-0.15, -0.1) is 21.7 Å². The minimum Gasteiger partial charge on any atom is -0.874 e. The molecule has 0 aliphatic carbocycles. The third kappa shape index (κ3) is 12.2. The molecule has 51 heavy (non-hydrogen) atoms. The normalized spacial score (nSPS) is 11.6. The molecule has 262 valence electrons. The number of hydrogen-bond donors (Lipinski definition) is 2. The largest absolute Gasteiger partial charge is 3.00 e. The number of non-ortho nitro benzene ring substituents is 2. The number of nitro groups is 2. The number of para-hydroxylation sites is 2. The van der Waals surface area contributed by atoms with Crippen LogP contribution in [0.4, 0.5) is 34.1 Å². The van der Waals surface area contributed by atoms with Crippen LogP contribution < -0.4 is 31.1 Å². The van der Waals surface area contributed by atoms with Gasteiger partial charge < -0.3 is 31.1 Å². The standard InChI is InChI=1S/2C16H14N4O5.Co/c2*1-10(21)15(16(23)17-11-5-3-2-4-6-11)19-18-13-9-12(20(24)25)7-8-14(13)22;/h2*2-9,21-22H,1H3,(H,17,23);/q;;+3/p-3/b15-10+,19-18?;15-10-,19-18?;. The van der Waals surface area contributed by atoms with Gasteiger partial charge in [0, 0.05) is 35.6 Å². The van der Waals surface area contributed by atoms with E-state index >= 15 is 0 Å². The molecule has 4 aromatic rings. The fourth-order valence-electron chi connectivity index (χ4n) is 3.58. The first-order valence-corrected chi connectivity index (χ1v) is 14.0. The van der Waals surface area contributed by atoms with Gasteiger partial charge in [0.15, 0.2) is 0 Å². The number of benzene rings is 4. The zero-order chi connectivity index (χ0) is 36.8. The number of carbonyl (C=O) groups excluding carboxylic acids is 2. The quantitative estimate of drug-likeness (QED) is 0.0772. The van der Waals surface area contributed by atoms with Crippen molar-refractivity contribution in [3.8, 4) is 11.5 Å². The minimum absolute atomic E-state index is 0. The Morgan fingerprint density at radius 3 is 1.24 bits per heavy atom. The predicted octanol–water partition coefficient (Wildman–Crippen LogP) is 4.08. The second-order valence-electron chi connectivity index (χ2n) is 9.67. The summed E-state index contributed by atoms with van der Waals surface area (Å²) < 4.78 is 0. The van der Waals surface area contributed by atoms with Gasteiger partial charge in [0.05, 0.1) is 21.2 Å². The second-order valence-corrected chi connectivity index (χ2v) is 9.67. The van der Waals surface area contributed by atoms with Gasteiger partial charge in [-0.2, -0.15) is 10.2 Å². The maximum atomic E-state index is 12.1. The Labute approximate surface area is 300 Å². The molecule has 0 radical (unpaired) electrons. The molecule has 0 heterocycles. The van der Waals surface area contributed by atoms with E-state index < -0.39 is 56.1 Å². The van der Waals surface area contributed by atoms with Crippen molar-refractivity contribution in [3.05, 3.63) is 140 Å². The summed E-state index contributed by atoms with van der Waals surface area (Å²) in [7, 11) is 0. The van der Waals surface area contributed by atoms with E-state index in [1.165, 1.54) is 0 Å². The number of anilines is 2. The Balaban J connectivity index is 0.000000501. The molecule has 0 saturated heterocycles. The zero-order valence-electron chi connectivity index (χ0n) is 27.3. The zero-order valence-corrected chi connectivity index (χ0v) is 27.4. The van der Waals surface area contributed by atoms with Gasteiger partial charge in [0.2, 0.25) is 0 Å². The van der Waals surface area contributed by atoms with Gasteiger partial charge >= 0.3 is 18.2 Å². The van der Waals surface area contributed by atoms with Crippen molar-refractivity contribution in [2.75, 3.05) is 10.6 Å². The molecule has 0 spiro atoms. The Hall–Kier alpha value is -6.99. The number of azo groups is 2. The summed E-state index contributed by atoms with van der Waals surface area (Å²) in [5.74, 6) is -4.20. The first-order valence-electron chi connectivity index (χ1n) is 14.0. The number of carbonyl (C=O) groups is 2. The molecule has 0 bridgehead atoms. The van der Waals surface area contributed by atoms with Crippen molar-refractivity contribution in [1.29, 1.82) is 0 Å². The van der Waals surface area contributed by atoms with Crippen molar-refractivity contribution in [1.82, 2.24) is 0 Å². The van der Waals surface area contributed by atoms with Crippen LogP contribution in [0.1, 0.15) is 15.3 Å². The molecule has 0 aliphatic heterocycles. The average Bonchev–Trinajstić information content (AvgIpc) is 3.07. The molecule has 4 aromatic carbocycles. The van der Waals surface area contributed by atoms with E-state index in [-0.39, 0.29) is 41.0 Å². The SMILES string of the molecule is C/C([O-])=C(/N=Nc1cc([N+](=O)[O-])ccc1[O-])C(=O)Nc1ccccc1.C/C([O-])=C(\N=Nc1cc([N+](=O)[O-])ccc1[O-])C(=O)Nc1ccccc1.[Co+3].[H+]. The third-order valence-corrected chi connectivity index (χ3v) is 5.98. The number of allylic oxidation sites excluding steroid dienone is 2. The Morgan fingerprint density at radius 1 is 0.608 bits per heavy atom. The average molecular weight is 741 g/mol. The summed E-state index contributed by atoms with van der Waals surface area (Å²) in [4.78, 5) is 44.3. The van der Waals surface area contributed by atoms with Gasteiger partial charge in [-0.05, 0) is 24.3 Å². The van der Waals surface area contributed by atoms with Crippen LogP contribution in [0.2, 0.25) is 0 Å². The van der Waals surface area contributed by atoms with E-state index in [1.807, 2.05) is 0 Å². The van der Waals surface area contributed by atoms with Crippen molar-refractivity contribution < 1.29 is 58.1 Å². The molecule has 4 rings (SSSR count). The molecule has 18 nitrogen and oxygen atoms in total. The molecule has 0 fully saturated rings. The number of rotatable bonds is 10. The molecule has 0 atom stereocenters. The van der Waals surface area contributed by atoms with Crippen LogP contribution in [0, 0.1) is 20.2 Å². The van der Waals surface area contributed by atoms with Crippen molar-refractivity contribution >= 4 is 45.9 Å². The van der Waals surface area contributed by atoms with Crippen LogP contribution in [0.3, 0.4) is 0 Å². The second kappa shape index (κ2) is 19.1. The van der Waals surface area contributed by atoms with Crippen LogP contribution in [-0.2, 0) is 26.4 Å². The predicted molar refractivity (Wildman–Crippen MR) is 171 cm³/mol. The van der Waals surface area contributed by atoms with E-state index in [1.54, 1.807) is 60.7 Å². The fraction of sp³-hybridized carbons (Fsp3) is 0.0625. The van der Waals surface area contributed by atoms with Gasteiger partial charge in [-0.25, -0.2) is 0 Å². The first kappa shape index (κ1) is 40.2. The maximum Gasteiger partial charge on any atom is 3.00 e. The molecule has 19 heteroatoms. The van der Waals surface area contributed by atoms with Gasteiger partial charge in [0.1, 0.15) is 11.4 Å². The molecule has 0 aliphatic rings. The van der Waals surface area contributed by atoms with E-state index in [2.05, 4.69) is 31.1 Å². The summed E-state index contributed by atoms with van der Waals surface area (Å²) in [6.07, 6.45) is 0. The Kier molecular flexibility index (Phi) is 15.1. The molecule has 0 saturated carbocycles. The monoisotopic (exact) mass is 740 g/mol. The van der Waals surface area contributed by atoms with E-state index in [4.69, 9.17) is 0 Å². The van der Waals surface area contributed by atoms with Crippen molar-refractivity contribution in [2.24, 2.45) is 20.5 Å². The number of nitrogens with one attached hydrogen (secondary N) is 2. The molecular formula is C32H25CoN8O10. The first-order chi connectivity index (χ1) is 23.8. The number of hydrogen-bond acceptors (Lipinski definition) is 14. The Bertz CT molecular complexity index is 1880. The van der Waals surface area contributed by atoms with E-state index in [9.17, 15) is 50.2 Å². The summed E-state index contributed by atoms with van der Waals surface area (Å²) in [5.41, 5.74) is -1.58. The van der Waals surface area contributed by atoms with Gasteiger partial charge in [-0.1, -0.05) is 73.9 Å². The van der Waals surface area contributed by atoms with Crippen LogP contribution in [-0.4, -0.2) is 21.7 Å². The van der Waals surface area contributed by atoms with Gasteiger partial charge in [0.25, 0.3) is 23.2 Å². The van der Waals surface area contributed by atoms with Gasteiger partial charge in [-0.3, -0.25) is 29.8 Å². The van der Waals surface area contributed by atoms with Crippen LogP contribution in [0.25, 0.3) is 0 Å². The Morgan fingerprint density at radius 2 is 0.941 bits per heavy atom. The summed E-state index contributed by atoms with van der Waals surface area (Å²) >= 11 is 0. The van der Waals surface area contributed by atoms with Crippen LogP contribution in [0.5, 0.6) is 11.5 Å². The third-order valence-electron chi connectivity index (χ3n) is 5.98. The van der Waals surface area contributed by atoms with Crippen molar-refractivity contribution in [2.45, 2.75) is 13.8 Å².